The van der Waals surface area contributed by atoms with Gasteiger partial charge in [0.05, 0.1) is 32.2 Å². The van der Waals surface area contributed by atoms with E-state index in [1.165, 1.54) is 32.1 Å². The topological polar surface area (TPSA) is 64.9 Å². The number of hydrogen-bond acceptors (Lipinski definition) is 3. The van der Waals surface area contributed by atoms with E-state index in [0.29, 0.717) is 0 Å². The molecule has 0 aromatic heterocycles. The first-order valence-corrected chi connectivity index (χ1v) is 10.5. The molecule has 1 amide bonds. The summed E-state index contributed by atoms with van der Waals surface area (Å²) < 4.78 is 0. The Labute approximate surface area is 150 Å². The molecule has 0 radical (unpaired) electrons. The summed E-state index contributed by atoms with van der Waals surface area (Å²) in [5, 5.41) is 11.7. The zero-order chi connectivity index (χ0) is 17.4. The molecular formula is C20H32N2O3. The van der Waals surface area contributed by atoms with Gasteiger partial charge < -0.3 is 19.7 Å². The summed E-state index contributed by atoms with van der Waals surface area (Å²) >= 11 is 0. The Hall–Kier alpha value is -1.10. The van der Waals surface area contributed by atoms with Crippen molar-refractivity contribution in [1.29, 1.82) is 0 Å². The van der Waals surface area contributed by atoms with Crippen LogP contribution in [0.3, 0.4) is 0 Å². The number of aliphatic carboxylic acids is 1. The third-order valence-corrected chi connectivity index (χ3v) is 7.68. The minimum absolute atomic E-state index is 0.117. The quantitative estimate of drug-likeness (QED) is 0.771. The van der Waals surface area contributed by atoms with Crippen molar-refractivity contribution in [3.8, 4) is 0 Å². The van der Waals surface area contributed by atoms with Crippen LogP contribution in [-0.4, -0.2) is 49.0 Å². The van der Waals surface area contributed by atoms with E-state index in [9.17, 15) is 14.7 Å². The van der Waals surface area contributed by atoms with Crippen LogP contribution in [0, 0.1) is 23.7 Å². The molecule has 1 heterocycles. The molecule has 5 aliphatic rings. The SMILES string of the molecule is O=C([O-])[C@H]1C2CCC(CC2)[C@H]1C(=O)N1CC[NH+](C2CCCCC2)CC1. The third-order valence-electron chi connectivity index (χ3n) is 7.68. The van der Waals surface area contributed by atoms with Crippen molar-refractivity contribution in [2.24, 2.45) is 23.7 Å². The van der Waals surface area contributed by atoms with Crippen molar-refractivity contribution < 1.29 is 19.6 Å². The van der Waals surface area contributed by atoms with E-state index in [-0.39, 0.29) is 23.7 Å². The van der Waals surface area contributed by atoms with Crippen LogP contribution in [0.15, 0.2) is 0 Å². The number of rotatable bonds is 3. The molecule has 4 aliphatic carbocycles. The van der Waals surface area contributed by atoms with Gasteiger partial charge in [0.1, 0.15) is 0 Å². The number of carbonyl (C=O) groups excluding carboxylic acids is 2. The molecule has 0 unspecified atom stereocenters. The van der Waals surface area contributed by atoms with Gasteiger partial charge in [0.15, 0.2) is 0 Å². The number of nitrogens with one attached hydrogen (secondary N) is 1. The average Bonchev–Trinajstić information content (AvgIpc) is 2.68. The lowest BCUT2D eigenvalue weighted by atomic mass is 9.58. The molecule has 140 valence electrons. The Morgan fingerprint density at radius 1 is 0.800 bits per heavy atom. The fourth-order valence-electron chi connectivity index (χ4n) is 6.29. The average molecular weight is 348 g/mol. The Morgan fingerprint density at radius 3 is 1.92 bits per heavy atom. The molecule has 5 fully saturated rings. The van der Waals surface area contributed by atoms with E-state index in [1.807, 2.05) is 4.90 Å². The summed E-state index contributed by atoms with van der Waals surface area (Å²) in [4.78, 5) is 28.5. The molecular weight excluding hydrogens is 316 g/mol. The van der Waals surface area contributed by atoms with Crippen LogP contribution in [0.1, 0.15) is 57.8 Å². The summed E-state index contributed by atoms with van der Waals surface area (Å²) in [6.07, 6.45) is 10.7. The van der Waals surface area contributed by atoms with Crippen LogP contribution in [0.2, 0.25) is 0 Å². The second-order valence-electron chi connectivity index (χ2n) is 8.86. The van der Waals surface area contributed by atoms with E-state index in [2.05, 4.69) is 0 Å². The Balaban J connectivity index is 1.39. The van der Waals surface area contributed by atoms with Crippen LogP contribution in [0.5, 0.6) is 0 Å². The molecule has 1 N–H and O–H groups in total. The fraction of sp³-hybridized carbons (Fsp3) is 0.900. The van der Waals surface area contributed by atoms with Crippen molar-refractivity contribution in [2.45, 2.75) is 63.8 Å². The number of nitrogens with zero attached hydrogens (tertiary/aromatic N) is 1. The maximum absolute atomic E-state index is 13.2. The van der Waals surface area contributed by atoms with E-state index in [1.54, 1.807) is 4.90 Å². The van der Waals surface area contributed by atoms with Gasteiger partial charge in [-0.15, -0.1) is 0 Å². The zero-order valence-electron chi connectivity index (χ0n) is 15.3. The van der Waals surface area contributed by atoms with Crippen molar-refractivity contribution in [3.63, 3.8) is 0 Å². The number of carbonyl (C=O) groups is 2. The van der Waals surface area contributed by atoms with Crippen molar-refractivity contribution in [1.82, 2.24) is 4.90 Å². The van der Waals surface area contributed by atoms with Crippen LogP contribution in [0.4, 0.5) is 0 Å². The lowest BCUT2D eigenvalue weighted by Crippen LogP contribution is -3.18. The summed E-state index contributed by atoms with van der Waals surface area (Å²) in [6, 6.07) is 0.785. The molecule has 4 saturated carbocycles. The minimum Gasteiger partial charge on any atom is -0.550 e. The van der Waals surface area contributed by atoms with Crippen LogP contribution in [0.25, 0.3) is 0 Å². The summed E-state index contributed by atoms with van der Waals surface area (Å²) in [5.41, 5.74) is 0. The minimum atomic E-state index is -0.987. The van der Waals surface area contributed by atoms with Gasteiger partial charge in [-0.3, -0.25) is 4.79 Å². The van der Waals surface area contributed by atoms with Gasteiger partial charge in [0.2, 0.25) is 5.91 Å². The number of carboxylic acids is 1. The zero-order valence-corrected chi connectivity index (χ0v) is 15.3. The van der Waals surface area contributed by atoms with E-state index >= 15 is 0 Å². The van der Waals surface area contributed by atoms with E-state index < -0.39 is 11.9 Å². The molecule has 5 rings (SSSR count). The second-order valence-corrected chi connectivity index (χ2v) is 8.86. The van der Waals surface area contributed by atoms with Gasteiger partial charge >= 0.3 is 0 Å². The normalized spacial score (nSPS) is 37.2. The van der Waals surface area contributed by atoms with Crippen LogP contribution < -0.4 is 10.0 Å². The first-order valence-electron chi connectivity index (χ1n) is 10.5. The molecule has 0 spiro atoms. The van der Waals surface area contributed by atoms with Crippen LogP contribution in [-0.2, 0) is 9.59 Å². The number of hydrogen-bond donors (Lipinski definition) is 1. The highest BCUT2D eigenvalue weighted by Gasteiger charge is 2.49. The van der Waals surface area contributed by atoms with Gasteiger partial charge in [0, 0.05) is 17.8 Å². The number of piperazine rings is 1. The predicted octanol–water partition coefficient (Wildman–Crippen LogP) is -0.151. The monoisotopic (exact) mass is 348 g/mol. The Bertz CT molecular complexity index is 501. The van der Waals surface area contributed by atoms with Gasteiger partial charge in [-0.2, -0.15) is 0 Å². The number of fused-ring (bicyclic) bond motifs is 3. The molecule has 0 aromatic carbocycles. The lowest BCUT2D eigenvalue weighted by Gasteiger charge is -2.50. The number of carboxylic acid groups (broad SMARTS) is 1. The highest BCUT2D eigenvalue weighted by atomic mass is 16.4. The summed E-state index contributed by atoms with van der Waals surface area (Å²) in [5.74, 6) is -1.29. The molecule has 1 aliphatic heterocycles. The van der Waals surface area contributed by atoms with Gasteiger partial charge in [-0.05, 0) is 63.2 Å². The maximum atomic E-state index is 13.2. The van der Waals surface area contributed by atoms with E-state index in [4.69, 9.17) is 0 Å². The molecule has 0 aromatic rings. The number of amides is 1. The molecule has 2 atom stereocenters. The smallest absolute Gasteiger partial charge is 0.227 e. The largest absolute Gasteiger partial charge is 0.550 e. The van der Waals surface area contributed by atoms with Gasteiger partial charge in [0.25, 0.3) is 0 Å². The summed E-state index contributed by atoms with van der Waals surface area (Å²) in [7, 11) is 0. The van der Waals surface area contributed by atoms with E-state index in [0.717, 1.165) is 57.9 Å². The first kappa shape index (κ1) is 17.3. The molecule has 2 bridgehead atoms. The standard InChI is InChI=1S/C20H32N2O3/c23-19(17-14-6-8-15(9-7-14)18(17)20(24)25)22-12-10-21(11-13-22)16-4-2-1-3-5-16/h14-18H,1-13H2,(H,24,25)/t14?,15?,17-,18+/m1/s1. The highest BCUT2D eigenvalue weighted by Crippen LogP contribution is 2.49. The van der Waals surface area contributed by atoms with Gasteiger partial charge in [-0.25, -0.2) is 0 Å². The van der Waals surface area contributed by atoms with Crippen molar-refractivity contribution >= 4 is 11.9 Å². The second kappa shape index (κ2) is 7.26. The third kappa shape index (κ3) is 3.32. The predicted molar refractivity (Wildman–Crippen MR) is 91.6 cm³/mol. The highest BCUT2D eigenvalue weighted by molar-refractivity contribution is 5.85. The lowest BCUT2D eigenvalue weighted by molar-refractivity contribution is -0.930. The molecule has 5 heteroatoms. The maximum Gasteiger partial charge on any atom is 0.227 e. The molecule has 5 nitrogen and oxygen atoms in total. The van der Waals surface area contributed by atoms with Gasteiger partial charge in [-0.1, -0.05) is 6.42 Å². The number of quaternary nitrogens is 1. The Morgan fingerprint density at radius 2 is 1.36 bits per heavy atom. The first-order chi connectivity index (χ1) is 12.1. The molecule has 25 heavy (non-hydrogen) atoms. The molecule has 1 saturated heterocycles. The summed E-state index contributed by atoms with van der Waals surface area (Å²) in [6.45, 7) is 3.68. The Kier molecular flexibility index (Phi) is 5.03. The van der Waals surface area contributed by atoms with Crippen LogP contribution >= 0.6 is 0 Å². The fourth-order valence-corrected chi connectivity index (χ4v) is 6.29. The van der Waals surface area contributed by atoms with Crippen molar-refractivity contribution in [2.75, 3.05) is 26.2 Å². The van der Waals surface area contributed by atoms with Crippen molar-refractivity contribution in [3.05, 3.63) is 0 Å².